The van der Waals surface area contributed by atoms with Crippen molar-refractivity contribution in [2.75, 3.05) is 18.4 Å². The monoisotopic (exact) mass is 444 g/mol. The van der Waals surface area contributed by atoms with E-state index in [4.69, 9.17) is 0 Å². The smallest absolute Gasteiger partial charge is 0.326 e. The maximum Gasteiger partial charge on any atom is 0.419 e. The lowest BCUT2D eigenvalue weighted by atomic mass is 9.98. The summed E-state index contributed by atoms with van der Waals surface area (Å²) < 4.78 is 78.9. The van der Waals surface area contributed by atoms with Crippen molar-refractivity contribution >= 4 is 21.6 Å². The summed E-state index contributed by atoms with van der Waals surface area (Å²) in [4.78, 5) is 12.7. The van der Waals surface area contributed by atoms with Crippen molar-refractivity contribution in [3.63, 3.8) is 0 Å². The number of rotatable bonds is 4. The fraction of sp³-hybridized carbons (Fsp3) is 0.350. The summed E-state index contributed by atoms with van der Waals surface area (Å²) in [7, 11) is -3.79. The van der Waals surface area contributed by atoms with E-state index < -0.39 is 39.4 Å². The van der Waals surface area contributed by atoms with Crippen molar-refractivity contribution in [3.05, 3.63) is 59.4 Å². The number of aryl methyl sites for hydroxylation is 1. The Balaban J connectivity index is 1.74. The molecule has 2 aromatic rings. The van der Waals surface area contributed by atoms with E-state index in [1.165, 1.54) is 16.4 Å². The topological polar surface area (TPSA) is 66.5 Å². The van der Waals surface area contributed by atoms with Crippen LogP contribution in [0.5, 0.6) is 0 Å². The Kier molecular flexibility index (Phi) is 6.19. The van der Waals surface area contributed by atoms with Gasteiger partial charge in [0.15, 0.2) is 0 Å². The van der Waals surface area contributed by atoms with Crippen molar-refractivity contribution in [1.29, 1.82) is 0 Å². The fourth-order valence-corrected chi connectivity index (χ4v) is 4.82. The molecule has 2 aromatic carbocycles. The van der Waals surface area contributed by atoms with Crippen molar-refractivity contribution in [3.8, 4) is 0 Å². The van der Waals surface area contributed by atoms with Gasteiger partial charge in [-0.05, 0) is 50.1 Å². The van der Waals surface area contributed by atoms with Gasteiger partial charge < -0.3 is 5.32 Å². The molecule has 1 atom stereocenters. The molecule has 0 aliphatic carbocycles. The van der Waals surface area contributed by atoms with Crippen molar-refractivity contribution in [2.24, 2.45) is 5.92 Å². The van der Waals surface area contributed by atoms with Gasteiger partial charge in [-0.1, -0.05) is 17.7 Å². The number of hydrogen-bond acceptors (Lipinski definition) is 3. The van der Waals surface area contributed by atoms with Crippen LogP contribution in [0.1, 0.15) is 24.0 Å². The second-order valence-corrected chi connectivity index (χ2v) is 9.13. The molecule has 0 bridgehead atoms. The zero-order chi connectivity index (χ0) is 22.1. The molecule has 1 heterocycles. The van der Waals surface area contributed by atoms with Crippen LogP contribution in [0.15, 0.2) is 47.4 Å². The van der Waals surface area contributed by atoms with Crippen LogP contribution in [0.25, 0.3) is 0 Å². The summed E-state index contributed by atoms with van der Waals surface area (Å²) in [5, 5.41) is 2.34. The Morgan fingerprint density at radius 3 is 2.43 bits per heavy atom. The van der Waals surface area contributed by atoms with Crippen LogP contribution < -0.4 is 5.32 Å². The standard InChI is InChI=1S/C20H20F4N2O3S/c1-13-4-7-16(8-5-13)30(28,29)26-10-2-3-14(12-26)19(27)25-15-6-9-18(21)17(11-15)20(22,23)24/h4-9,11,14H,2-3,10,12H2,1H3,(H,25,27). The van der Waals surface area contributed by atoms with E-state index in [0.717, 1.165) is 11.6 Å². The molecule has 1 amide bonds. The molecule has 30 heavy (non-hydrogen) atoms. The van der Waals surface area contributed by atoms with Crippen LogP contribution in [0.2, 0.25) is 0 Å². The lowest BCUT2D eigenvalue weighted by molar-refractivity contribution is -0.140. The Labute approximate surface area is 171 Å². The first-order valence-corrected chi connectivity index (χ1v) is 10.7. The third-order valence-electron chi connectivity index (χ3n) is 4.95. The highest BCUT2D eigenvalue weighted by Gasteiger charge is 2.36. The van der Waals surface area contributed by atoms with Gasteiger partial charge in [-0.15, -0.1) is 0 Å². The Morgan fingerprint density at radius 1 is 1.13 bits per heavy atom. The van der Waals surface area contributed by atoms with Crippen LogP contribution >= 0.6 is 0 Å². The number of benzene rings is 2. The summed E-state index contributed by atoms with van der Waals surface area (Å²) in [6.45, 7) is 1.99. The maximum absolute atomic E-state index is 13.4. The first-order valence-electron chi connectivity index (χ1n) is 9.23. The minimum Gasteiger partial charge on any atom is -0.326 e. The number of anilines is 1. The van der Waals surface area contributed by atoms with Crippen molar-refractivity contribution in [1.82, 2.24) is 4.31 Å². The molecule has 3 rings (SSSR count). The highest BCUT2D eigenvalue weighted by Crippen LogP contribution is 2.33. The molecule has 1 fully saturated rings. The molecule has 0 radical (unpaired) electrons. The first-order chi connectivity index (χ1) is 14.0. The summed E-state index contributed by atoms with van der Waals surface area (Å²) in [5.41, 5.74) is -0.776. The Bertz CT molecular complexity index is 1040. The quantitative estimate of drug-likeness (QED) is 0.719. The van der Waals surface area contributed by atoms with Crippen LogP contribution in [0.3, 0.4) is 0 Å². The number of nitrogens with zero attached hydrogens (tertiary/aromatic N) is 1. The van der Waals surface area contributed by atoms with Gasteiger partial charge in [-0.3, -0.25) is 4.79 Å². The molecular weight excluding hydrogens is 424 g/mol. The molecule has 5 nitrogen and oxygen atoms in total. The SMILES string of the molecule is Cc1ccc(S(=O)(=O)N2CCCC(C(=O)Nc3ccc(F)c(C(F)(F)F)c3)C2)cc1. The van der Waals surface area contributed by atoms with Crippen LogP contribution in [0, 0.1) is 18.7 Å². The van der Waals surface area contributed by atoms with Crippen LogP contribution in [-0.2, 0) is 21.0 Å². The summed E-state index contributed by atoms with van der Waals surface area (Å²) in [6.07, 6.45) is -4.08. The molecule has 162 valence electrons. The van der Waals surface area contributed by atoms with Crippen LogP contribution in [0.4, 0.5) is 23.2 Å². The van der Waals surface area contributed by atoms with Gasteiger partial charge >= 0.3 is 6.18 Å². The minimum atomic E-state index is -4.89. The molecule has 10 heteroatoms. The number of halogens is 4. The lowest BCUT2D eigenvalue weighted by Gasteiger charge is -2.31. The number of alkyl halides is 3. The molecule has 1 N–H and O–H groups in total. The number of carbonyl (C=O) groups is 1. The average Bonchev–Trinajstić information content (AvgIpc) is 2.69. The minimum absolute atomic E-state index is 0.0879. The largest absolute Gasteiger partial charge is 0.419 e. The number of piperidine rings is 1. The molecule has 0 spiro atoms. The maximum atomic E-state index is 13.4. The highest BCUT2D eigenvalue weighted by molar-refractivity contribution is 7.89. The van der Waals surface area contributed by atoms with E-state index in [-0.39, 0.29) is 23.7 Å². The number of carbonyl (C=O) groups excluding carboxylic acids is 1. The van der Waals surface area contributed by atoms with E-state index in [1.807, 2.05) is 6.92 Å². The van der Waals surface area contributed by atoms with Gasteiger partial charge in [0.1, 0.15) is 5.82 Å². The van der Waals surface area contributed by atoms with Gasteiger partial charge in [-0.25, -0.2) is 12.8 Å². The van der Waals surface area contributed by atoms with Crippen LogP contribution in [-0.4, -0.2) is 31.7 Å². The highest BCUT2D eigenvalue weighted by atomic mass is 32.2. The zero-order valence-corrected chi connectivity index (χ0v) is 16.9. The zero-order valence-electron chi connectivity index (χ0n) is 16.0. The number of sulfonamides is 1. The molecule has 0 aromatic heterocycles. The molecular formula is C20H20F4N2O3S. The Hall–Kier alpha value is -2.46. The Morgan fingerprint density at radius 2 is 1.80 bits per heavy atom. The molecule has 1 aliphatic heterocycles. The van der Waals surface area contributed by atoms with Gasteiger partial charge in [-0.2, -0.15) is 17.5 Å². The molecule has 0 saturated carbocycles. The number of nitrogens with one attached hydrogen (secondary N) is 1. The third-order valence-corrected chi connectivity index (χ3v) is 6.83. The molecule has 1 unspecified atom stereocenters. The van der Waals surface area contributed by atoms with Crippen molar-refractivity contribution < 1.29 is 30.8 Å². The molecule has 1 saturated heterocycles. The second kappa shape index (κ2) is 8.35. The summed E-state index contributed by atoms with van der Waals surface area (Å²) >= 11 is 0. The summed E-state index contributed by atoms with van der Waals surface area (Å²) in [5.74, 6) is -2.79. The predicted octanol–water partition coefficient (Wildman–Crippen LogP) is 4.19. The van der Waals surface area contributed by atoms with Crippen molar-refractivity contribution in [2.45, 2.75) is 30.8 Å². The van der Waals surface area contributed by atoms with E-state index >= 15 is 0 Å². The second-order valence-electron chi connectivity index (χ2n) is 7.20. The van der Waals surface area contributed by atoms with E-state index in [9.17, 15) is 30.8 Å². The molecule has 1 aliphatic rings. The van der Waals surface area contributed by atoms with Gasteiger partial charge in [0.05, 0.1) is 16.4 Å². The normalized spacial score (nSPS) is 18.2. The summed E-state index contributed by atoms with van der Waals surface area (Å²) in [6, 6.07) is 8.52. The van der Waals surface area contributed by atoms with Gasteiger partial charge in [0.25, 0.3) is 0 Å². The van der Waals surface area contributed by atoms with Gasteiger partial charge in [0, 0.05) is 18.8 Å². The first kappa shape index (κ1) is 22.2. The predicted molar refractivity (Wildman–Crippen MR) is 103 cm³/mol. The fourth-order valence-electron chi connectivity index (χ4n) is 3.30. The number of amides is 1. The van der Waals surface area contributed by atoms with E-state index in [2.05, 4.69) is 5.32 Å². The average molecular weight is 444 g/mol. The van der Waals surface area contributed by atoms with Gasteiger partial charge in [0.2, 0.25) is 15.9 Å². The number of hydrogen-bond donors (Lipinski definition) is 1. The van der Waals surface area contributed by atoms with E-state index in [1.54, 1.807) is 12.1 Å². The lowest BCUT2D eigenvalue weighted by Crippen LogP contribution is -2.43. The third kappa shape index (κ3) is 4.81. The van der Waals surface area contributed by atoms with E-state index in [0.29, 0.717) is 25.0 Å².